The van der Waals surface area contributed by atoms with Crippen LogP contribution >= 0.6 is 11.6 Å². The lowest BCUT2D eigenvalue weighted by Crippen LogP contribution is -2.12. The Kier molecular flexibility index (Phi) is 3.61. The number of hydrogen-bond donors (Lipinski definition) is 0. The van der Waals surface area contributed by atoms with Gasteiger partial charge < -0.3 is 9.30 Å². The minimum atomic E-state index is -4.37. The van der Waals surface area contributed by atoms with Crippen molar-refractivity contribution in [1.29, 1.82) is 0 Å². The number of imidazole rings is 1. The minimum Gasteiger partial charge on any atom is -0.379 e. The van der Waals surface area contributed by atoms with Gasteiger partial charge >= 0.3 is 6.18 Å². The number of halogens is 4. The van der Waals surface area contributed by atoms with E-state index in [0.29, 0.717) is 30.1 Å². The molecule has 1 fully saturated rings. The van der Waals surface area contributed by atoms with Crippen molar-refractivity contribution in [3.8, 4) is 0 Å². The lowest BCUT2D eigenvalue weighted by molar-refractivity contribution is -0.137. The number of ether oxygens (including phenoxy) is 1. The maximum absolute atomic E-state index is 12.8. The summed E-state index contributed by atoms with van der Waals surface area (Å²) in [7, 11) is 0. The fourth-order valence-corrected chi connectivity index (χ4v) is 2.84. The fourth-order valence-electron chi connectivity index (χ4n) is 2.68. The average molecular weight is 319 g/mol. The molecular formula is C14H14ClF3N2O. The molecule has 0 saturated carbocycles. The molecule has 1 aromatic carbocycles. The van der Waals surface area contributed by atoms with E-state index in [2.05, 4.69) is 4.98 Å². The summed E-state index contributed by atoms with van der Waals surface area (Å²) in [5.41, 5.74) is 0.288. The van der Waals surface area contributed by atoms with Gasteiger partial charge in [0.15, 0.2) is 0 Å². The van der Waals surface area contributed by atoms with Crippen LogP contribution < -0.4 is 0 Å². The summed E-state index contributed by atoms with van der Waals surface area (Å²) in [5, 5.41) is -0.382. The smallest absolute Gasteiger partial charge is 0.379 e. The molecule has 3 rings (SSSR count). The highest BCUT2D eigenvalue weighted by Crippen LogP contribution is 2.35. The summed E-state index contributed by atoms with van der Waals surface area (Å²) < 4.78 is 45.7. The van der Waals surface area contributed by atoms with Crippen LogP contribution in [0, 0.1) is 0 Å². The van der Waals surface area contributed by atoms with Crippen molar-refractivity contribution in [3.63, 3.8) is 0 Å². The number of aromatic nitrogens is 2. The maximum atomic E-state index is 12.8. The highest BCUT2D eigenvalue weighted by Gasteiger charge is 2.32. The Morgan fingerprint density at radius 3 is 2.76 bits per heavy atom. The standard InChI is InChI=1S/C14H14ClF3N2O/c1-8(15)13-19-11-6-9(14(16,17)18)2-3-12(11)20(13)10-4-5-21-7-10/h2-3,6,8,10H,4-5,7H2,1H3. The monoisotopic (exact) mass is 318 g/mol. The van der Waals surface area contributed by atoms with Gasteiger partial charge in [0.25, 0.3) is 0 Å². The second-order valence-corrected chi connectivity index (χ2v) is 5.83. The molecule has 3 nitrogen and oxygen atoms in total. The van der Waals surface area contributed by atoms with Gasteiger partial charge in [-0.15, -0.1) is 11.6 Å². The summed E-state index contributed by atoms with van der Waals surface area (Å²) in [5.74, 6) is 0.585. The van der Waals surface area contributed by atoms with Crippen molar-refractivity contribution >= 4 is 22.6 Å². The van der Waals surface area contributed by atoms with Crippen molar-refractivity contribution in [1.82, 2.24) is 9.55 Å². The number of benzene rings is 1. The SMILES string of the molecule is CC(Cl)c1nc2cc(C(F)(F)F)ccc2n1C1CCOC1. The van der Waals surface area contributed by atoms with E-state index >= 15 is 0 Å². The molecule has 2 atom stereocenters. The Labute approximate surface area is 124 Å². The van der Waals surface area contributed by atoms with Crippen molar-refractivity contribution in [2.24, 2.45) is 0 Å². The molecule has 2 heterocycles. The lowest BCUT2D eigenvalue weighted by Gasteiger charge is -2.16. The van der Waals surface area contributed by atoms with E-state index in [0.717, 1.165) is 18.6 Å². The van der Waals surface area contributed by atoms with E-state index < -0.39 is 11.7 Å². The third kappa shape index (κ3) is 2.62. The molecule has 7 heteroatoms. The summed E-state index contributed by atoms with van der Waals surface area (Å²) in [6.07, 6.45) is -3.57. The highest BCUT2D eigenvalue weighted by atomic mass is 35.5. The van der Waals surface area contributed by atoms with Crippen LogP contribution in [0.5, 0.6) is 0 Å². The second-order valence-electron chi connectivity index (χ2n) is 5.17. The zero-order valence-corrected chi connectivity index (χ0v) is 12.1. The highest BCUT2D eigenvalue weighted by molar-refractivity contribution is 6.20. The predicted octanol–water partition coefficient (Wildman–Crippen LogP) is 4.32. The number of alkyl halides is 4. The van der Waals surface area contributed by atoms with Crippen LogP contribution in [0.25, 0.3) is 11.0 Å². The molecule has 0 radical (unpaired) electrons. The van der Waals surface area contributed by atoms with Crippen LogP contribution in [0.1, 0.15) is 36.2 Å². The van der Waals surface area contributed by atoms with Crippen LogP contribution in [0.3, 0.4) is 0 Å². The van der Waals surface area contributed by atoms with Gasteiger partial charge in [-0.1, -0.05) is 0 Å². The molecule has 2 aromatic rings. The van der Waals surface area contributed by atoms with E-state index in [1.54, 1.807) is 6.92 Å². The van der Waals surface area contributed by atoms with E-state index in [4.69, 9.17) is 16.3 Å². The number of hydrogen-bond acceptors (Lipinski definition) is 2. The molecule has 0 spiro atoms. The zero-order valence-electron chi connectivity index (χ0n) is 11.3. The van der Waals surface area contributed by atoms with Gasteiger partial charge in [-0.25, -0.2) is 4.98 Å². The molecule has 21 heavy (non-hydrogen) atoms. The normalized spacial score (nSPS) is 21.1. The first kappa shape index (κ1) is 14.7. The molecular weight excluding hydrogens is 305 g/mol. The quantitative estimate of drug-likeness (QED) is 0.771. The third-order valence-corrected chi connectivity index (χ3v) is 3.87. The van der Waals surface area contributed by atoms with Gasteiger partial charge in [0.05, 0.1) is 34.6 Å². The Hall–Kier alpha value is -1.27. The molecule has 1 aliphatic heterocycles. The third-order valence-electron chi connectivity index (χ3n) is 3.67. The van der Waals surface area contributed by atoms with E-state index in [1.165, 1.54) is 6.07 Å². The van der Waals surface area contributed by atoms with Crippen molar-refractivity contribution in [2.45, 2.75) is 30.9 Å². The van der Waals surface area contributed by atoms with Crippen LogP contribution in [-0.4, -0.2) is 22.8 Å². The summed E-state index contributed by atoms with van der Waals surface area (Å²) >= 11 is 6.14. The summed E-state index contributed by atoms with van der Waals surface area (Å²) in [6.45, 7) is 2.93. The van der Waals surface area contributed by atoms with Crippen LogP contribution in [0.4, 0.5) is 13.2 Å². The number of rotatable bonds is 2. The molecule has 2 unspecified atom stereocenters. The van der Waals surface area contributed by atoms with Crippen LogP contribution in [0.15, 0.2) is 18.2 Å². The maximum Gasteiger partial charge on any atom is 0.416 e. The molecule has 1 aliphatic rings. The Bertz CT molecular complexity index is 660. The summed E-state index contributed by atoms with van der Waals surface area (Å²) in [4.78, 5) is 4.31. The van der Waals surface area contributed by atoms with E-state index in [-0.39, 0.29) is 11.4 Å². The first-order chi connectivity index (χ1) is 9.88. The van der Waals surface area contributed by atoms with Crippen LogP contribution in [-0.2, 0) is 10.9 Å². The predicted molar refractivity (Wildman–Crippen MR) is 73.5 cm³/mol. The van der Waals surface area contributed by atoms with Gasteiger partial charge in [0, 0.05) is 6.61 Å². The molecule has 1 saturated heterocycles. The second kappa shape index (κ2) is 5.18. The zero-order chi connectivity index (χ0) is 15.2. The minimum absolute atomic E-state index is 0.0722. The largest absolute Gasteiger partial charge is 0.416 e. The van der Waals surface area contributed by atoms with Gasteiger partial charge in [-0.05, 0) is 31.5 Å². The topological polar surface area (TPSA) is 27.1 Å². The Morgan fingerprint density at radius 2 is 2.19 bits per heavy atom. The number of nitrogens with zero attached hydrogens (tertiary/aromatic N) is 2. The van der Waals surface area contributed by atoms with Crippen molar-refractivity contribution in [2.75, 3.05) is 13.2 Å². The van der Waals surface area contributed by atoms with Crippen molar-refractivity contribution in [3.05, 3.63) is 29.6 Å². The van der Waals surface area contributed by atoms with Gasteiger partial charge in [-0.3, -0.25) is 0 Å². The number of fused-ring (bicyclic) bond motifs is 1. The van der Waals surface area contributed by atoms with Gasteiger partial charge in [0.1, 0.15) is 5.82 Å². The molecule has 0 amide bonds. The Morgan fingerprint density at radius 1 is 1.43 bits per heavy atom. The molecule has 0 aliphatic carbocycles. The molecule has 0 bridgehead atoms. The first-order valence-corrected chi connectivity index (χ1v) is 7.12. The molecule has 0 N–H and O–H groups in total. The molecule has 114 valence electrons. The summed E-state index contributed by atoms with van der Waals surface area (Å²) in [6, 6.07) is 3.69. The lowest BCUT2D eigenvalue weighted by atomic mass is 10.2. The van der Waals surface area contributed by atoms with Crippen LogP contribution in [0.2, 0.25) is 0 Å². The Balaban J connectivity index is 2.17. The van der Waals surface area contributed by atoms with E-state index in [9.17, 15) is 13.2 Å². The van der Waals surface area contributed by atoms with E-state index in [1.807, 2.05) is 4.57 Å². The molecule has 1 aromatic heterocycles. The van der Waals surface area contributed by atoms with Gasteiger partial charge in [0.2, 0.25) is 0 Å². The first-order valence-electron chi connectivity index (χ1n) is 6.69. The average Bonchev–Trinajstić information content (AvgIpc) is 3.03. The van der Waals surface area contributed by atoms with Gasteiger partial charge in [-0.2, -0.15) is 13.2 Å². The van der Waals surface area contributed by atoms with Crippen molar-refractivity contribution < 1.29 is 17.9 Å². The fraction of sp³-hybridized carbons (Fsp3) is 0.500.